The first-order valence-electron chi connectivity index (χ1n) is 8.17. The quantitative estimate of drug-likeness (QED) is 0.928. The molecule has 2 amide bonds. The van der Waals surface area contributed by atoms with Gasteiger partial charge in [0.2, 0.25) is 5.91 Å². The first-order chi connectivity index (χ1) is 11.6. The van der Waals surface area contributed by atoms with Gasteiger partial charge in [0.25, 0.3) is 5.91 Å². The summed E-state index contributed by atoms with van der Waals surface area (Å²) in [6.07, 6.45) is 4.84. The number of carbonyl (C=O) groups is 2. The maximum atomic E-state index is 12.4. The van der Waals surface area contributed by atoms with E-state index in [0.29, 0.717) is 18.7 Å². The fraction of sp³-hybridized carbons (Fsp3) is 0.389. The summed E-state index contributed by atoms with van der Waals surface area (Å²) in [5.41, 5.74) is 1.72. The molecule has 1 aliphatic rings. The monoisotopic (exact) mass is 343 g/mol. The van der Waals surface area contributed by atoms with Crippen molar-refractivity contribution in [2.24, 2.45) is 0 Å². The van der Waals surface area contributed by atoms with Crippen LogP contribution in [0.2, 0.25) is 0 Å². The van der Waals surface area contributed by atoms with E-state index in [1.807, 2.05) is 28.7 Å². The normalized spacial score (nSPS) is 16.6. The highest BCUT2D eigenvalue weighted by atomic mass is 32.1. The Balaban J connectivity index is 1.50. The van der Waals surface area contributed by atoms with Crippen molar-refractivity contribution in [1.82, 2.24) is 15.2 Å². The van der Waals surface area contributed by atoms with E-state index in [1.54, 1.807) is 35.9 Å². The van der Waals surface area contributed by atoms with Crippen molar-refractivity contribution >= 4 is 23.2 Å². The van der Waals surface area contributed by atoms with Gasteiger partial charge in [-0.25, -0.2) is 0 Å². The third-order valence-electron chi connectivity index (χ3n) is 4.49. The lowest BCUT2D eigenvalue weighted by Gasteiger charge is -2.33. The summed E-state index contributed by atoms with van der Waals surface area (Å²) in [5, 5.41) is 7.13. The molecule has 0 spiro atoms. The topological polar surface area (TPSA) is 62.3 Å². The highest BCUT2D eigenvalue weighted by molar-refractivity contribution is 7.08. The number of piperidine rings is 1. The van der Waals surface area contributed by atoms with Gasteiger partial charge in [0.15, 0.2) is 0 Å². The molecule has 1 saturated heterocycles. The van der Waals surface area contributed by atoms with Gasteiger partial charge in [-0.1, -0.05) is 0 Å². The van der Waals surface area contributed by atoms with E-state index >= 15 is 0 Å². The van der Waals surface area contributed by atoms with E-state index < -0.39 is 0 Å². The molecule has 0 saturated carbocycles. The number of likely N-dealkylation sites (tertiary alicyclic amines) is 1. The molecule has 24 heavy (non-hydrogen) atoms. The second-order valence-electron chi connectivity index (χ2n) is 6.09. The predicted octanol–water partition coefficient (Wildman–Crippen LogP) is 2.67. The number of hydrogen-bond acceptors (Lipinski definition) is 4. The largest absolute Gasteiger partial charge is 0.353 e. The van der Waals surface area contributed by atoms with Crippen molar-refractivity contribution in [2.45, 2.75) is 31.7 Å². The van der Waals surface area contributed by atoms with Crippen LogP contribution in [0.5, 0.6) is 0 Å². The molecule has 0 bridgehead atoms. The fourth-order valence-electron chi connectivity index (χ4n) is 2.90. The van der Waals surface area contributed by atoms with Gasteiger partial charge < -0.3 is 10.2 Å². The molecular weight excluding hydrogens is 322 g/mol. The van der Waals surface area contributed by atoms with Crippen molar-refractivity contribution in [3.05, 3.63) is 52.5 Å². The average Bonchev–Trinajstić information content (AvgIpc) is 3.16. The van der Waals surface area contributed by atoms with Crippen LogP contribution in [0.4, 0.5) is 0 Å². The molecule has 126 valence electrons. The van der Waals surface area contributed by atoms with Gasteiger partial charge >= 0.3 is 0 Å². The van der Waals surface area contributed by atoms with Gasteiger partial charge in [-0.2, -0.15) is 11.3 Å². The third-order valence-corrected chi connectivity index (χ3v) is 5.19. The third kappa shape index (κ3) is 3.82. The molecule has 1 unspecified atom stereocenters. The van der Waals surface area contributed by atoms with Crippen molar-refractivity contribution in [1.29, 1.82) is 0 Å². The zero-order chi connectivity index (χ0) is 16.9. The molecule has 6 heteroatoms. The SMILES string of the molecule is CC(C(=O)NC1CCN(C(=O)c2ccncc2)CC1)c1ccsc1. The summed E-state index contributed by atoms with van der Waals surface area (Å²) in [6, 6.07) is 5.60. The van der Waals surface area contributed by atoms with Gasteiger partial charge in [-0.15, -0.1) is 0 Å². The molecule has 2 aromatic heterocycles. The molecule has 0 aromatic carbocycles. The second-order valence-corrected chi connectivity index (χ2v) is 6.87. The molecule has 1 atom stereocenters. The summed E-state index contributed by atoms with van der Waals surface area (Å²) in [5.74, 6) is -0.0335. The number of aromatic nitrogens is 1. The van der Waals surface area contributed by atoms with Gasteiger partial charge in [0.1, 0.15) is 0 Å². The Bertz CT molecular complexity index is 680. The second kappa shape index (κ2) is 7.57. The number of nitrogens with zero attached hydrogens (tertiary/aromatic N) is 2. The van der Waals surface area contributed by atoms with Crippen LogP contribution in [-0.2, 0) is 4.79 Å². The van der Waals surface area contributed by atoms with E-state index in [1.165, 1.54) is 0 Å². The first-order valence-corrected chi connectivity index (χ1v) is 9.11. The average molecular weight is 343 g/mol. The van der Waals surface area contributed by atoms with Crippen molar-refractivity contribution in [2.75, 3.05) is 13.1 Å². The standard InChI is InChI=1S/C18H21N3O2S/c1-13(15-6-11-24-12-15)17(22)20-16-4-9-21(10-5-16)18(23)14-2-7-19-8-3-14/h2-3,6-8,11-13,16H,4-5,9-10H2,1H3,(H,20,22). The van der Waals surface area contributed by atoms with Crippen LogP contribution >= 0.6 is 11.3 Å². The zero-order valence-electron chi connectivity index (χ0n) is 13.6. The lowest BCUT2D eigenvalue weighted by atomic mass is 10.0. The van der Waals surface area contributed by atoms with Crippen LogP contribution in [0.3, 0.4) is 0 Å². The van der Waals surface area contributed by atoms with E-state index in [0.717, 1.165) is 18.4 Å². The maximum absolute atomic E-state index is 12.4. The van der Waals surface area contributed by atoms with Gasteiger partial charge in [-0.3, -0.25) is 14.6 Å². The smallest absolute Gasteiger partial charge is 0.253 e. The Kier molecular flexibility index (Phi) is 5.25. The molecule has 1 N–H and O–H groups in total. The summed E-state index contributed by atoms with van der Waals surface area (Å²) >= 11 is 1.60. The minimum absolute atomic E-state index is 0.0359. The Morgan fingerprint density at radius 2 is 1.96 bits per heavy atom. The number of hydrogen-bond donors (Lipinski definition) is 1. The molecule has 3 rings (SSSR count). The van der Waals surface area contributed by atoms with Crippen molar-refractivity contribution < 1.29 is 9.59 Å². The highest BCUT2D eigenvalue weighted by Crippen LogP contribution is 2.20. The van der Waals surface area contributed by atoms with Crippen LogP contribution in [0.15, 0.2) is 41.4 Å². The summed E-state index contributed by atoms with van der Waals surface area (Å²) in [4.78, 5) is 30.5. The number of pyridine rings is 1. The number of amides is 2. The Hall–Kier alpha value is -2.21. The first kappa shape index (κ1) is 16.6. The van der Waals surface area contributed by atoms with Crippen LogP contribution < -0.4 is 5.32 Å². The maximum Gasteiger partial charge on any atom is 0.253 e. The minimum Gasteiger partial charge on any atom is -0.353 e. The zero-order valence-corrected chi connectivity index (χ0v) is 14.5. The Morgan fingerprint density at radius 3 is 2.58 bits per heavy atom. The van der Waals surface area contributed by atoms with Crippen LogP contribution in [-0.4, -0.2) is 40.8 Å². The predicted molar refractivity (Wildman–Crippen MR) is 94.0 cm³/mol. The fourth-order valence-corrected chi connectivity index (χ4v) is 3.66. The van der Waals surface area contributed by atoms with Gasteiger partial charge in [-0.05, 0) is 54.3 Å². The number of carbonyl (C=O) groups excluding carboxylic acids is 2. The Labute approximate surface area is 145 Å². The van der Waals surface area contributed by atoms with Crippen LogP contribution in [0.25, 0.3) is 0 Å². The summed E-state index contributed by atoms with van der Waals surface area (Å²) in [7, 11) is 0. The van der Waals surface area contributed by atoms with Crippen molar-refractivity contribution in [3.8, 4) is 0 Å². The number of nitrogens with one attached hydrogen (secondary N) is 1. The van der Waals surface area contributed by atoms with Crippen LogP contribution in [0.1, 0.15) is 41.6 Å². The van der Waals surface area contributed by atoms with E-state index in [9.17, 15) is 9.59 Å². The summed E-state index contributed by atoms with van der Waals surface area (Å²) in [6.45, 7) is 3.26. The molecular formula is C18H21N3O2S. The van der Waals surface area contributed by atoms with Gasteiger partial charge in [0, 0.05) is 37.1 Å². The van der Waals surface area contributed by atoms with E-state index in [2.05, 4.69) is 10.3 Å². The van der Waals surface area contributed by atoms with E-state index in [4.69, 9.17) is 0 Å². The Morgan fingerprint density at radius 1 is 1.25 bits per heavy atom. The number of thiophene rings is 1. The lowest BCUT2D eigenvalue weighted by Crippen LogP contribution is -2.47. The lowest BCUT2D eigenvalue weighted by molar-refractivity contribution is -0.123. The van der Waals surface area contributed by atoms with Gasteiger partial charge in [0.05, 0.1) is 5.92 Å². The minimum atomic E-state index is -0.132. The number of rotatable bonds is 4. The van der Waals surface area contributed by atoms with E-state index in [-0.39, 0.29) is 23.8 Å². The molecule has 0 radical (unpaired) electrons. The molecule has 2 aromatic rings. The van der Waals surface area contributed by atoms with Crippen molar-refractivity contribution in [3.63, 3.8) is 0 Å². The molecule has 1 fully saturated rings. The summed E-state index contributed by atoms with van der Waals surface area (Å²) < 4.78 is 0. The molecule has 5 nitrogen and oxygen atoms in total. The molecule has 3 heterocycles. The molecule has 1 aliphatic heterocycles. The van der Waals surface area contributed by atoms with Crippen LogP contribution in [0, 0.1) is 0 Å². The highest BCUT2D eigenvalue weighted by Gasteiger charge is 2.26. The molecule has 0 aliphatic carbocycles.